The van der Waals surface area contributed by atoms with E-state index in [9.17, 15) is 13.2 Å². The molecule has 10 nitrogen and oxygen atoms in total. The van der Waals surface area contributed by atoms with Gasteiger partial charge in [0, 0.05) is 75.9 Å². The first kappa shape index (κ1) is 63.0. The minimum absolute atomic E-state index is 0.0847. The van der Waals surface area contributed by atoms with Crippen molar-refractivity contribution in [1.82, 2.24) is 0 Å². The molecule has 440 valence electrons. The Morgan fingerprint density at radius 3 is 1.24 bits per heavy atom. The molecule has 11 rings (SSSR count). The fourth-order valence-electron chi connectivity index (χ4n) is 10.4. The van der Waals surface area contributed by atoms with Crippen molar-refractivity contribution in [3.05, 3.63) is 154 Å². The third kappa shape index (κ3) is 16.4. The summed E-state index contributed by atoms with van der Waals surface area (Å²) in [4.78, 5) is 0. The van der Waals surface area contributed by atoms with Crippen molar-refractivity contribution in [2.45, 2.75) is 147 Å². The molecule has 5 aliphatic heterocycles. The first-order valence-electron chi connectivity index (χ1n) is 29.3. The Morgan fingerprint density at radius 2 is 0.831 bits per heavy atom. The van der Waals surface area contributed by atoms with Crippen LogP contribution in [0.1, 0.15) is 166 Å². The Labute approximate surface area is 492 Å². The van der Waals surface area contributed by atoms with Crippen LogP contribution in [-0.4, -0.2) is 93.8 Å². The summed E-state index contributed by atoms with van der Waals surface area (Å²) in [5.41, 5.74) is 13.9. The van der Waals surface area contributed by atoms with E-state index in [4.69, 9.17) is 23.7 Å². The molecule has 0 aromatic heterocycles. The normalized spacial score (nSPS) is 16.8. The maximum Gasteiger partial charge on any atom is 0.469 e. The van der Waals surface area contributed by atoms with Crippen LogP contribution < -0.4 is 23.7 Å². The minimum atomic E-state index is -4.33. The number of benzene rings is 6. The molecule has 6 aromatic carbocycles. The summed E-state index contributed by atoms with van der Waals surface area (Å²) >= 11 is 0. The second-order valence-electron chi connectivity index (χ2n) is 24.2. The molecule has 5 aliphatic rings. The summed E-state index contributed by atoms with van der Waals surface area (Å²) in [6, 6.07) is 39.1. The Morgan fingerprint density at radius 1 is 0.446 bits per heavy atom. The highest BCUT2D eigenvalue weighted by atomic mass is 19.4. The zero-order valence-electron chi connectivity index (χ0n) is 51.9. The number of para-hydroxylation sites is 4. The molecule has 0 amide bonds. The Balaban J connectivity index is 0.000000149. The van der Waals surface area contributed by atoms with Crippen LogP contribution in [0.2, 0.25) is 0 Å². The van der Waals surface area contributed by atoms with Gasteiger partial charge in [-0.15, -0.1) is 0 Å². The minimum Gasteiger partial charge on any atom is -0.429 e. The van der Waals surface area contributed by atoms with E-state index in [0.717, 1.165) is 45.2 Å². The van der Waals surface area contributed by atoms with E-state index in [1.165, 1.54) is 50.4 Å². The molecule has 0 bridgehead atoms. The molecule has 0 radical (unpaired) electrons. The van der Waals surface area contributed by atoms with E-state index < -0.39 is 6.18 Å². The third-order valence-electron chi connectivity index (χ3n) is 14.1. The van der Waals surface area contributed by atoms with Crippen molar-refractivity contribution in [2.24, 2.45) is 11.3 Å². The van der Waals surface area contributed by atoms with Crippen LogP contribution in [0.5, 0.6) is 28.7 Å². The van der Waals surface area contributed by atoms with Crippen molar-refractivity contribution in [3.63, 3.8) is 0 Å². The van der Waals surface area contributed by atoms with Gasteiger partial charge in [0.2, 0.25) is 28.7 Å². The van der Waals surface area contributed by atoms with Gasteiger partial charge in [-0.05, 0) is 60.8 Å². The third-order valence-corrected chi connectivity index (χ3v) is 14.1. The highest BCUT2D eigenvalue weighted by molar-refractivity contribution is 5.77. The second kappa shape index (κ2) is 27.7. The van der Waals surface area contributed by atoms with Crippen LogP contribution in [0.25, 0.3) is 0 Å². The number of rotatable bonds is 7. The topological polar surface area (TPSA) is 61.2 Å². The lowest BCUT2D eigenvalue weighted by molar-refractivity contribution is -0.460. The van der Waals surface area contributed by atoms with Gasteiger partial charge in [-0.1, -0.05) is 170 Å². The summed E-state index contributed by atoms with van der Waals surface area (Å²) in [5, 5.41) is 0. The summed E-state index contributed by atoms with van der Waals surface area (Å²) in [7, 11) is 0. The molecule has 0 N–H and O–H groups in total. The van der Waals surface area contributed by atoms with Crippen LogP contribution in [-0.2, 0) is 0 Å². The Bertz CT molecular complexity index is 3290. The quantitative estimate of drug-likeness (QED) is 0.149. The Hall–Kier alpha value is -7.54. The maximum atomic E-state index is 12.3. The highest BCUT2D eigenvalue weighted by Crippen LogP contribution is 2.43. The lowest BCUT2D eigenvalue weighted by atomic mass is 9.98. The zero-order valence-corrected chi connectivity index (χ0v) is 51.9. The molecule has 0 saturated heterocycles. The molecule has 0 spiro atoms. The van der Waals surface area contributed by atoms with E-state index in [0.29, 0.717) is 62.0 Å². The van der Waals surface area contributed by atoms with E-state index in [2.05, 4.69) is 219 Å². The number of fused-ring (bicyclic) bond motifs is 5. The fraction of sp³-hybridized carbons (Fsp3) is 0.414. The highest BCUT2D eigenvalue weighted by Gasteiger charge is 2.37. The van der Waals surface area contributed by atoms with E-state index in [1.54, 1.807) is 12.1 Å². The maximum absolute atomic E-state index is 12.3. The van der Waals surface area contributed by atoms with Gasteiger partial charge in [0.05, 0.1) is 0 Å². The summed E-state index contributed by atoms with van der Waals surface area (Å²) < 4.78 is 75.3. The molecule has 6 aromatic rings. The molecule has 0 atom stereocenters. The standard InChI is InChI=1S/C16H16NO.C15H22NO.C14H20NO.C13H18NO.C12H13F3NO/c1-12-8-13(2)16-15(9-12)17(11-18-16)10-14-6-4-3-5-7-14;1-11(2)12-7-6-8-13-14(12)17-10-16(13)9-15(3,4)5;1-10(2)8-15-9-16-14-12(11(3)4)6-5-7-13(14)15;1-4-8-14-9-15-13-11(10(2)3)6-5-7-12(13)14;1-8(2)9-4-3-5-10-11(9)17-7-16(10)6-12(13,14)15/h3-10H,11H2,1-2H3;6-9,11H,10H2,1-5H3;5-8,10-11H,9H2,1-4H3;5-8,10H,4,9H2,1-3H3;3-6,8H,7H2,1-2H3/q5*+1/b17-10-;16-9-;15-8-;14-8-;16-6-. The average Bonchev–Trinajstić information content (AvgIpc) is 4.43. The van der Waals surface area contributed by atoms with Crippen molar-refractivity contribution >= 4 is 59.5 Å². The largest absolute Gasteiger partial charge is 0.469 e. The van der Waals surface area contributed by atoms with Crippen LogP contribution in [0.4, 0.5) is 41.6 Å². The van der Waals surface area contributed by atoms with Crippen LogP contribution in [0, 0.1) is 25.2 Å². The van der Waals surface area contributed by atoms with Gasteiger partial charge in [0.25, 0.3) is 68.3 Å². The summed E-state index contributed by atoms with van der Waals surface area (Å²) in [5.74, 6) is 7.04. The fourth-order valence-corrected chi connectivity index (χ4v) is 10.4. The number of hydrogen-bond acceptors (Lipinski definition) is 5. The lowest BCUT2D eigenvalue weighted by Crippen LogP contribution is -2.19. The van der Waals surface area contributed by atoms with Gasteiger partial charge in [0.1, 0.15) is 6.21 Å². The molecule has 0 aliphatic carbocycles. The van der Waals surface area contributed by atoms with Crippen LogP contribution in [0.3, 0.4) is 0 Å². The van der Waals surface area contributed by atoms with Gasteiger partial charge in [-0.2, -0.15) is 36.0 Å². The van der Waals surface area contributed by atoms with Gasteiger partial charge in [-0.25, -0.2) is 0 Å². The molecule has 13 heteroatoms. The number of ether oxygens (including phenoxy) is 5. The SMILES string of the molecule is CC(C)/C=[N+]1/COc2c(C(C)C)cccc21.CC(C)c1cccc2c1OC/[N+]2=C/C(C)(C)C.CC(C)c1cccc2c1OC/[N+]2=C/C(F)(F)F.CC/C=[N+]1/COc2c(C(C)C)cccc21.Cc1cc(C)c2c(c1)/[N+](=C\c1ccccc1)CO2. The predicted octanol–water partition coefficient (Wildman–Crippen LogP) is 17.6. The number of hydrogen-bond donors (Lipinski definition) is 0. The second-order valence-corrected chi connectivity index (χ2v) is 24.2. The van der Waals surface area contributed by atoms with Crippen molar-refractivity contribution < 1.29 is 59.7 Å². The van der Waals surface area contributed by atoms with Crippen molar-refractivity contribution in [1.29, 1.82) is 0 Å². The first-order valence-corrected chi connectivity index (χ1v) is 29.3. The Kier molecular flexibility index (Phi) is 21.0. The number of alkyl halides is 3. The average molecular weight is 1140 g/mol. The van der Waals surface area contributed by atoms with E-state index in [-0.39, 0.29) is 24.3 Å². The van der Waals surface area contributed by atoms with Crippen LogP contribution in [0.15, 0.2) is 115 Å². The summed E-state index contributed by atoms with van der Waals surface area (Å²) in [6.45, 7) is 37.0. The first-order chi connectivity index (χ1) is 39.3. The molecular formula is C70H89F3N5O5+5. The smallest absolute Gasteiger partial charge is 0.429 e. The molecule has 0 fully saturated rings. The molecular weight excluding hydrogens is 1050 g/mol. The molecule has 5 heterocycles. The van der Waals surface area contributed by atoms with Gasteiger partial charge < -0.3 is 23.7 Å². The van der Waals surface area contributed by atoms with Gasteiger partial charge in [0.15, 0.2) is 18.6 Å². The number of aryl methyl sites for hydroxylation is 2. The van der Waals surface area contributed by atoms with E-state index >= 15 is 0 Å². The van der Waals surface area contributed by atoms with Gasteiger partial charge in [-0.3, -0.25) is 0 Å². The number of halogens is 3. The monoisotopic (exact) mass is 1140 g/mol. The molecule has 83 heavy (non-hydrogen) atoms. The number of nitrogens with zero attached hydrogens (tertiary/aromatic N) is 5. The van der Waals surface area contributed by atoms with Crippen molar-refractivity contribution in [3.8, 4) is 28.7 Å². The zero-order chi connectivity index (χ0) is 60.3. The summed E-state index contributed by atoms with van der Waals surface area (Å²) in [6.07, 6.45) is 5.70. The van der Waals surface area contributed by atoms with E-state index in [1.807, 2.05) is 38.1 Å². The lowest BCUT2D eigenvalue weighted by Gasteiger charge is -2.08. The predicted molar refractivity (Wildman–Crippen MR) is 332 cm³/mol. The van der Waals surface area contributed by atoms with Gasteiger partial charge >= 0.3 is 6.18 Å². The van der Waals surface area contributed by atoms with Crippen molar-refractivity contribution in [2.75, 3.05) is 33.7 Å². The van der Waals surface area contributed by atoms with Crippen LogP contribution >= 0.6 is 0 Å². The molecule has 0 saturated carbocycles. The molecule has 0 unspecified atom stereocenters.